The quantitative estimate of drug-likeness (QED) is 0.520. The molecule has 86 valence electrons. The lowest BCUT2D eigenvalue weighted by atomic mass is 9.90. The van der Waals surface area contributed by atoms with Gasteiger partial charge in [-0.05, 0) is 25.7 Å². The molecule has 4 heteroatoms. The van der Waals surface area contributed by atoms with Crippen LogP contribution in [0.1, 0.15) is 32.6 Å². The summed E-state index contributed by atoms with van der Waals surface area (Å²) in [6.07, 6.45) is 3.79. The van der Waals surface area contributed by atoms with E-state index in [4.69, 9.17) is 0 Å². The number of methoxy groups -OCH3 is 1. The van der Waals surface area contributed by atoms with Gasteiger partial charge in [-0.15, -0.1) is 0 Å². The standard InChI is InChI=1S/C11H19NO3/c1-4-9(11(14)15-3)10(13)12(2)8-6-5-7-8/h8-9H,4-7H2,1-3H3. The Morgan fingerprint density at radius 1 is 1.47 bits per heavy atom. The van der Waals surface area contributed by atoms with E-state index >= 15 is 0 Å². The van der Waals surface area contributed by atoms with Gasteiger partial charge < -0.3 is 9.64 Å². The van der Waals surface area contributed by atoms with Crippen LogP contribution in [0.2, 0.25) is 0 Å². The van der Waals surface area contributed by atoms with Crippen molar-refractivity contribution < 1.29 is 14.3 Å². The molecule has 0 spiro atoms. The zero-order chi connectivity index (χ0) is 11.4. The molecule has 0 radical (unpaired) electrons. The van der Waals surface area contributed by atoms with Gasteiger partial charge in [0.05, 0.1) is 7.11 Å². The maximum Gasteiger partial charge on any atom is 0.318 e. The van der Waals surface area contributed by atoms with Crippen molar-refractivity contribution in [1.82, 2.24) is 4.90 Å². The summed E-state index contributed by atoms with van der Waals surface area (Å²) in [4.78, 5) is 25.0. The first-order valence-electron chi connectivity index (χ1n) is 5.46. The van der Waals surface area contributed by atoms with E-state index < -0.39 is 11.9 Å². The number of esters is 1. The first-order chi connectivity index (χ1) is 7.11. The predicted octanol–water partition coefficient (Wildman–Crippen LogP) is 1.20. The normalized spacial score (nSPS) is 17.8. The molecule has 4 nitrogen and oxygen atoms in total. The van der Waals surface area contributed by atoms with Gasteiger partial charge in [-0.2, -0.15) is 0 Å². The summed E-state index contributed by atoms with van der Waals surface area (Å²) in [6, 6.07) is 0.330. The summed E-state index contributed by atoms with van der Waals surface area (Å²) in [5, 5.41) is 0. The Labute approximate surface area is 90.6 Å². The molecule has 1 amide bonds. The van der Waals surface area contributed by atoms with Gasteiger partial charge in [0.15, 0.2) is 0 Å². The Bertz CT molecular complexity index is 248. The number of nitrogens with zero attached hydrogens (tertiary/aromatic N) is 1. The van der Waals surface area contributed by atoms with Crippen molar-refractivity contribution in [3.8, 4) is 0 Å². The van der Waals surface area contributed by atoms with Gasteiger partial charge in [-0.25, -0.2) is 0 Å². The van der Waals surface area contributed by atoms with E-state index in [1.54, 1.807) is 11.9 Å². The van der Waals surface area contributed by atoms with Crippen molar-refractivity contribution in [2.75, 3.05) is 14.2 Å². The number of carbonyl (C=O) groups excluding carboxylic acids is 2. The fourth-order valence-electron chi connectivity index (χ4n) is 1.78. The van der Waals surface area contributed by atoms with Gasteiger partial charge in [0.25, 0.3) is 0 Å². The second-order valence-corrected chi connectivity index (χ2v) is 4.02. The fraction of sp³-hybridized carbons (Fsp3) is 0.818. The summed E-state index contributed by atoms with van der Waals surface area (Å²) in [5.41, 5.74) is 0. The SMILES string of the molecule is CCC(C(=O)OC)C(=O)N(C)C1CCC1. The van der Waals surface area contributed by atoms with Crippen LogP contribution in [0.3, 0.4) is 0 Å². The molecule has 1 unspecified atom stereocenters. The Kier molecular flexibility index (Phi) is 4.12. The summed E-state index contributed by atoms with van der Waals surface area (Å²) in [7, 11) is 3.10. The van der Waals surface area contributed by atoms with E-state index in [1.165, 1.54) is 13.5 Å². The Morgan fingerprint density at radius 3 is 2.40 bits per heavy atom. The van der Waals surface area contributed by atoms with Crippen molar-refractivity contribution in [2.24, 2.45) is 5.92 Å². The molecule has 0 heterocycles. The fourth-order valence-corrected chi connectivity index (χ4v) is 1.78. The number of rotatable bonds is 4. The lowest BCUT2D eigenvalue weighted by molar-refractivity contribution is -0.154. The van der Waals surface area contributed by atoms with Gasteiger partial charge in [0.1, 0.15) is 5.92 Å². The van der Waals surface area contributed by atoms with Crippen LogP contribution in [0.5, 0.6) is 0 Å². The van der Waals surface area contributed by atoms with Gasteiger partial charge in [-0.1, -0.05) is 6.92 Å². The molecule has 1 saturated carbocycles. The minimum absolute atomic E-state index is 0.103. The van der Waals surface area contributed by atoms with Crippen molar-refractivity contribution in [3.63, 3.8) is 0 Å². The van der Waals surface area contributed by atoms with Crippen LogP contribution >= 0.6 is 0 Å². The van der Waals surface area contributed by atoms with E-state index in [-0.39, 0.29) is 5.91 Å². The Balaban J connectivity index is 2.58. The highest BCUT2D eigenvalue weighted by Crippen LogP contribution is 2.25. The second kappa shape index (κ2) is 5.14. The van der Waals surface area contributed by atoms with Crippen molar-refractivity contribution >= 4 is 11.9 Å². The average Bonchev–Trinajstić information content (AvgIpc) is 2.15. The minimum Gasteiger partial charge on any atom is -0.468 e. The van der Waals surface area contributed by atoms with E-state index in [0.29, 0.717) is 12.5 Å². The van der Waals surface area contributed by atoms with E-state index in [2.05, 4.69) is 4.74 Å². The average molecular weight is 213 g/mol. The number of amides is 1. The molecule has 0 aromatic heterocycles. The topological polar surface area (TPSA) is 46.6 Å². The molecule has 0 aromatic rings. The zero-order valence-corrected chi connectivity index (χ0v) is 9.66. The molecule has 0 bridgehead atoms. The summed E-state index contributed by atoms with van der Waals surface area (Å²) in [6.45, 7) is 1.83. The molecular weight excluding hydrogens is 194 g/mol. The zero-order valence-electron chi connectivity index (χ0n) is 9.66. The van der Waals surface area contributed by atoms with E-state index in [1.807, 2.05) is 6.92 Å². The number of carbonyl (C=O) groups is 2. The van der Waals surface area contributed by atoms with Crippen LogP contribution in [0.25, 0.3) is 0 Å². The molecule has 1 fully saturated rings. The highest BCUT2D eigenvalue weighted by Gasteiger charge is 2.33. The van der Waals surface area contributed by atoms with Crippen LogP contribution < -0.4 is 0 Å². The Hall–Kier alpha value is -1.06. The smallest absolute Gasteiger partial charge is 0.318 e. The van der Waals surface area contributed by atoms with E-state index in [9.17, 15) is 9.59 Å². The number of hydrogen-bond acceptors (Lipinski definition) is 3. The molecule has 1 aliphatic carbocycles. The molecule has 0 saturated heterocycles. The summed E-state index contributed by atoms with van der Waals surface area (Å²) in [5.74, 6) is -1.15. The van der Waals surface area contributed by atoms with Gasteiger partial charge >= 0.3 is 5.97 Å². The Morgan fingerprint density at radius 2 is 2.07 bits per heavy atom. The molecule has 0 aromatic carbocycles. The monoisotopic (exact) mass is 213 g/mol. The number of ether oxygens (including phenoxy) is 1. The maximum absolute atomic E-state index is 11.9. The van der Waals surface area contributed by atoms with Crippen LogP contribution in [0, 0.1) is 5.92 Å². The van der Waals surface area contributed by atoms with Crippen molar-refractivity contribution in [3.05, 3.63) is 0 Å². The molecular formula is C11H19NO3. The highest BCUT2D eigenvalue weighted by molar-refractivity contribution is 5.97. The summed E-state index contributed by atoms with van der Waals surface area (Å²) >= 11 is 0. The predicted molar refractivity (Wildman–Crippen MR) is 56.2 cm³/mol. The van der Waals surface area contributed by atoms with Gasteiger partial charge in [0.2, 0.25) is 5.91 Å². The third-order valence-electron chi connectivity index (χ3n) is 3.16. The van der Waals surface area contributed by atoms with Gasteiger partial charge in [0, 0.05) is 13.1 Å². The number of hydrogen-bond donors (Lipinski definition) is 0. The third-order valence-corrected chi connectivity index (χ3v) is 3.16. The van der Waals surface area contributed by atoms with Crippen LogP contribution in [-0.2, 0) is 14.3 Å². The van der Waals surface area contributed by atoms with Crippen LogP contribution in [0.15, 0.2) is 0 Å². The van der Waals surface area contributed by atoms with Crippen LogP contribution in [0.4, 0.5) is 0 Å². The lowest BCUT2D eigenvalue weighted by Gasteiger charge is -2.36. The first kappa shape index (κ1) is 12.0. The third kappa shape index (κ3) is 2.49. The molecule has 1 rings (SSSR count). The second-order valence-electron chi connectivity index (χ2n) is 4.02. The summed E-state index contributed by atoms with van der Waals surface area (Å²) < 4.78 is 4.62. The first-order valence-corrected chi connectivity index (χ1v) is 5.46. The molecule has 1 atom stereocenters. The van der Waals surface area contributed by atoms with Crippen molar-refractivity contribution in [2.45, 2.75) is 38.6 Å². The molecule has 15 heavy (non-hydrogen) atoms. The van der Waals surface area contributed by atoms with Crippen molar-refractivity contribution in [1.29, 1.82) is 0 Å². The molecule has 1 aliphatic rings. The maximum atomic E-state index is 11.9. The van der Waals surface area contributed by atoms with E-state index in [0.717, 1.165) is 12.8 Å². The minimum atomic E-state index is -0.624. The largest absolute Gasteiger partial charge is 0.468 e. The van der Waals surface area contributed by atoms with Crippen LogP contribution in [-0.4, -0.2) is 37.0 Å². The molecule has 0 aliphatic heterocycles. The highest BCUT2D eigenvalue weighted by atomic mass is 16.5. The molecule has 0 N–H and O–H groups in total. The lowest BCUT2D eigenvalue weighted by Crippen LogP contribution is -2.46. The van der Waals surface area contributed by atoms with Gasteiger partial charge in [-0.3, -0.25) is 9.59 Å².